The molecule has 0 saturated carbocycles. The van der Waals surface area contributed by atoms with Gasteiger partial charge < -0.3 is 15.0 Å². The molecule has 128 valence electrons. The smallest absolute Gasteiger partial charge is 0.330 e. The Morgan fingerprint density at radius 1 is 1.29 bits per heavy atom. The average Bonchev–Trinajstić information content (AvgIpc) is 2.81. The van der Waals surface area contributed by atoms with Gasteiger partial charge in [0, 0.05) is 4.75 Å². The number of nitrogens with one attached hydrogen (secondary N) is 1. The molecule has 7 heteroatoms. The largest absolute Gasteiger partial charge is 0.467 e. The number of carbonyl (C=O) groups excluding carboxylic acids is 3. The van der Waals surface area contributed by atoms with Gasteiger partial charge in [-0.15, -0.1) is 11.8 Å². The van der Waals surface area contributed by atoms with Gasteiger partial charge in [0.2, 0.25) is 11.8 Å². The van der Waals surface area contributed by atoms with E-state index in [9.17, 15) is 14.4 Å². The van der Waals surface area contributed by atoms with Crippen molar-refractivity contribution in [2.45, 2.75) is 42.5 Å². The number of β-lactam (4-membered cyclic amide) rings is 1. The van der Waals surface area contributed by atoms with Gasteiger partial charge in [-0.2, -0.15) is 0 Å². The van der Waals surface area contributed by atoms with Crippen molar-refractivity contribution < 1.29 is 19.1 Å². The fourth-order valence-corrected chi connectivity index (χ4v) is 4.86. The van der Waals surface area contributed by atoms with Gasteiger partial charge in [-0.25, -0.2) is 4.79 Å². The number of hydrogen-bond donors (Lipinski definition) is 1. The first-order valence-corrected chi connectivity index (χ1v) is 8.64. The summed E-state index contributed by atoms with van der Waals surface area (Å²) in [6.45, 7) is 3.82. The minimum absolute atomic E-state index is 0.195. The molecule has 2 aliphatic rings. The van der Waals surface area contributed by atoms with E-state index in [0.717, 1.165) is 5.56 Å². The van der Waals surface area contributed by atoms with E-state index in [1.165, 1.54) is 23.8 Å². The Balaban J connectivity index is 1.67. The Labute approximate surface area is 144 Å². The fourth-order valence-electron chi connectivity index (χ4n) is 3.24. The Kier molecular flexibility index (Phi) is 4.29. The third-order valence-corrected chi connectivity index (χ3v) is 5.96. The van der Waals surface area contributed by atoms with Crippen LogP contribution in [0.3, 0.4) is 0 Å². The van der Waals surface area contributed by atoms with E-state index in [4.69, 9.17) is 4.74 Å². The van der Waals surface area contributed by atoms with Crippen molar-refractivity contribution in [1.82, 2.24) is 10.2 Å². The van der Waals surface area contributed by atoms with Crippen molar-refractivity contribution >= 4 is 29.5 Å². The lowest BCUT2D eigenvalue weighted by molar-refractivity contribution is -0.162. The summed E-state index contributed by atoms with van der Waals surface area (Å²) >= 11 is 1.52. The molecular formula is C17H20N2O4S. The maximum atomic E-state index is 12.4. The zero-order chi connectivity index (χ0) is 17.5. The van der Waals surface area contributed by atoms with E-state index in [-0.39, 0.29) is 23.6 Å². The van der Waals surface area contributed by atoms with Crippen LogP contribution in [-0.2, 0) is 25.5 Å². The number of nitrogens with zero attached hydrogens (tertiary/aromatic N) is 1. The Hall–Kier alpha value is -2.02. The lowest BCUT2D eigenvalue weighted by Gasteiger charge is -2.43. The Morgan fingerprint density at radius 2 is 1.96 bits per heavy atom. The summed E-state index contributed by atoms with van der Waals surface area (Å²) in [5.41, 5.74) is 0.894. The third-order valence-electron chi connectivity index (χ3n) is 4.39. The number of fused-ring (bicyclic) bond motifs is 1. The summed E-state index contributed by atoms with van der Waals surface area (Å²) < 4.78 is 4.38. The van der Waals surface area contributed by atoms with Gasteiger partial charge in [-0.1, -0.05) is 30.3 Å². The summed E-state index contributed by atoms with van der Waals surface area (Å²) in [6, 6.07) is 8.17. The molecule has 0 spiro atoms. The van der Waals surface area contributed by atoms with E-state index < -0.39 is 22.8 Å². The van der Waals surface area contributed by atoms with Crippen LogP contribution in [0.1, 0.15) is 19.4 Å². The molecule has 0 bridgehead atoms. The predicted octanol–water partition coefficient (Wildman–Crippen LogP) is 0.949. The summed E-state index contributed by atoms with van der Waals surface area (Å²) in [5.74, 6) is -0.841. The maximum absolute atomic E-state index is 12.4. The van der Waals surface area contributed by atoms with Gasteiger partial charge in [-0.3, -0.25) is 9.59 Å². The number of benzene rings is 1. The monoisotopic (exact) mass is 348 g/mol. The minimum Gasteiger partial charge on any atom is -0.467 e. The maximum Gasteiger partial charge on any atom is 0.330 e. The molecule has 1 N–H and O–H groups in total. The van der Waals surface area contributed by atoms with Crippen LogP contribution < -0.4 is 5.32 Å². The van der Waals surface area contributed by atoms with Crippen LogP contribution >= 0.6 is 11.8 Å². The zero-order valence-corrected chi connectivity index (χ0v) is 14.6. The van der Waals surface area contributed by atoms with Crippen molar-refractivity contribution in [3.8, 4) is 0 Å². The van der Waals surface area contributed by atoms with Gasteiger partial charge in [0.1, 0.15) is 17.5 Å². The van der Waals surface area contributed by atoms with E-state index >= 15 is 0 Å². The van der Waals surface area contributed by atoms with Crippen molar-refractivity contribution in [2.75, 3.05) is 7.11 Å². The molecule has 0 aliphatic carbocycles. The topological polar surface area (TPSA) is 75.7 Å². The number of rotatable bonds is 4. The molecule has 6 nitrogen and oxygen atoms in total. The Morgan fingerprint density at radius 3 is 2.58 bits per heavy atom. The van der Waals surface area contributed by atoms with E-state index in [2.05, 4.69) is 5.32 Å². The molecule has 24 heavy (non-hydrogen) atoms. The van der Waals surface area contributed by atoms with E-state index in [0.29, 0.717) is 0 Å². The molecule has 2 amide bonds. The van der Waals surface area contributed by atoms with Crippen LogP contribution in [0.25, 0.3) is 0 Å². The quantitative estimate of drug-likeness (QED) is 0.648. The summed E-state index contributed by atoms with van der Waals surface area (Å²) in [6.07, 6.45) is 0.228. The second-order valence-corrected chi connectivity index (χ2v) is 8.26. The Bertz CT molecular complexity index is 676. The molecule has 3 rings (SSSR count). The second-order valence-electron chi connectivity index (χ2n) is 6.49. The summed E-state index contributed by atoms with van der Waals surface area (Å²) in [5, 5.41) is 2.57. The van der Waals surface area contributed by atoms with Gasteiger partial charge in [0.05, 0.1) is 13.5 Å². The molecule has 2 unspecified atom stereocenters. The van der Waals surface area contributed by atoms with Crippen LogP contribution in [0.4, 0.5) is 0 Å². The second kappa shape index (κ2) is 6.12. The van der Waals surface area contributed by atoms with Crippen LogP contribution in [0.2, 0.25) is 0 Å². The van der Waals surface area contributed by atoms with Gasteiger partial charge in [0.25, 0.3) is 0 Å². The number of ether oxygens (including phenoxy) is 1. The van der Waals surface area contributed by atoms with Gasteiger partial charge in [0.15, 0.2) is 0 Å². The van der Waals surface area contributed by atoms with Crippen LogP contribution in [0, 0.1) is 0 Å². The predicted molar refractivity (Wildman–Crippen MR) is 90.2 cm³/mol. The van der Waals surface area contributed by atoms with Crippen molar-refractivity contribution in [1.29, 1.82) is 0 Å². The lowest BCUT2D eigenvalue weighted by Crippen LogP contribution is -2.70. The lowest BCUT2D eigenvalue weighted by atomic mass is 9.96. The highest BCUT2D eigenvalue weighted by atomic mass is 32.2. The minimum atomic E-state index is -0.618. The van der Waals surface area contributed by atoms with Gasteiger partial charge in [-0.05, 0) is 19.4 Å². The van der Waals surface area contributed by atoms with E-state index in [1.807, 2.05) is 44.2 Å². The third kappa shape index (κ3) is 2.77. The van der Waals surface area contributed by atoms with Gasteiger partial charge >= 0.3 is 5.97 Å². The summed E-state index contributed by atoms with van der Waals surface area (Å²) in [7, 11) is 1.32. The molecule has 2 aliphatic heterocycles. The van der Waals surface area contributed by atoms with Crippen LogP contribution in [0.15, 0.2) is 30.3 Å². The average molecular weight is 348 g/mol. The first kappa shape index (κ1) is 16.8. The SMILES string of the molecule is COC(=O)C1N2C(=O)C(NC(=O)Cc3ccccc3)[C@H]2SC1(C)C. The normalized spacial score (nSPS) is 27.2. The zero-order valence-electron chi connectivity index (χ0n) is 13.8. The molecular weight excluding hydrogens is 328 g/mol. The highest BCUT2D eigenvalue weighted by Crippen LogP contribution is 2.50. The molecule has 0 aromatic heterocycles. The number of esters is 1. The molecule has 2 fully saturated rings. The molecule has 2 saturated heterocycles. The number of methoxy groups -OCH3 is 1. The molecule has 2 heterocycles. The first-order chi connectivity index (χ1) is 11.3. The molecule has 1 aromatic rings. The standard InChI is InChI=1S/C17H20N2O4S/c1-17(2)13(16(22)23-3)19-14(21)12(15(19)24-17)18-11(20)9-10-7-5-4-6-8-10/h4-8,12-13,15H,9H2,1-3H3,(H,18,20)/t12?,13?,15-/m1/s1. The summed E-state index contributed by atoms with van der Waals surface area (Å²) in [4.78, 5) is 38.2. The van der Waals surface area contributed by atoms with Crippen LogP contribution in [-0.4, -0.2) is 52.0 Å². The number of amides is 2. The number of thioether (sulfide) groups is 1. The molecule has 1 aromatic carbocycles. The fraction of sp³-hybridized carbons (Fsp3) is 0.471. The first-order valence-electron chi connectivity index (χ1n) is 7.76. The number of hydrogen-bond acceptors (Lipinski definition) is 5. The highest BCUT2D eigenvalue weighted by Gasteiger charge is 2.64. The highest BCUT2D eigenvalue weighted by molar-refractivity contribution is 8.01. The van der Waals surface area contributed by atoms with Crippen molar-refractivity contribution in [3.63, 3.8) is 0 Å². The molecule has 3 atom stereocenters. The number of carbonyl (C=O) groups is 3. The van der Waals surface area contributed by atoms with E-state index in [1.54, 1.807) is 0 Å². The van der Waals surface area contributed by atoms with Crippen molar-refractivity contribution in [3.05, 3.63) is 35.9 Å². The van der Waals surface area contributed by atoms with Crippen LogP contribution in [0.5, 0.6) is 0 Å². The molecule has 0 radical (unpaired) electrons. The van der Waals surface area contributed by atoms with Crippen molar-refractivity contribution in [2.24, 2.45) is 0 Å².